The Balaban J connectivity index is 1.24. The molecule has 0 radical (unpaired) electrons. The van der Waals surface area contributed by atoms with Gasteiger partial charge in [-0.1, -0.05) is 0 Å². The second kappa shape index (κ2) is 8.41. The van der Waals surface area contributed by atoms with Gasteiger partial charge >= 0.3 is 6.03 Å². The normalized spacial score (nSPS) is 16.2. The molecule has 1 saturated heterocycles. The molecule has 28 heavy (non-hydrogen) atoms. The van der Waals surface area contributed by atoms with Gasteiger partial charge < -0.3 is 20.7 Å². The summed E-state index contributed by atoms with van der Waals surface area (Å²) in [6, 6.07) is 6.72. The van der Waals surface area contributed by atoms with Gasteiger partial charge in [-0.25, -0.2) is 9.78 Å². The number of rotatable bonds is 6. The predicted molar refractivity (Wildman–Crippen MR) is 108 cm³/mol. The Morgan fingerprint density at radius 2 is 2.00 bits per heavy atom. The maximum Gasteiger partial charge on any atom is 0.319 e. The first-order chi connectivity index (χ1) is 13.7. The molecular weight excluding hydrogens is 378 g/mol. The smallest absolute Gasteiger partial charge is 0.319 e. The van der Waals surface area contributed by atoms with Gasteiger partial charge in [0.15, 0.2) is 4.96 Å². The number of urea groups is 1. The number of amides is 3. The van der Waals surface area contributed by atoms with Crippen molar-refractivity contribution < 1.29 is 14.3 Å². The molecule has 3 amide bonds. The van der Waals surface area contributed by atoms with Crippen LogP contribution >= 0.6 is 11.3 Å². The Morgan fingerprint density at radius 3 is 2.71 bits per heavy atom. The van der Waals surface area contributed by atoms with E-state index in [-0.39, 0.29) is 24.5 Å². The lowest BCUT2D eigenvalue weighted by atomic mass is 10.2. The maximum absolute atomic E-state index is 12.2. The average Bonchev–Trinajstić information content (AvgIpc) is 3.39. The number of hydrogen-bond acceptors (Lipinski definition) is 5. The molecule has 3 N–H and O–H groups in total. The van der Waals surface area contributed by atoms with Crippen molar-refractivity contribution in [2.75, 3.05) is 23.8 Å². The fourth-order valence-electron chi connectivity index (χ4n) is 3.05. The minimum atomic E-state index is -0.271. The van der Waals surface area contributed by atoms with Crippen LogP contribution in [-0.2, 0) is 16.0 Å². The van der Waals surface area contributed by atoms with Crippen molar-refractivity contribution in [2.24, 2.45) is 0 Å². The van der Waals surface area contributed by atoms with Gasteiger partial charge in [-0.2, -0.15) is 0 Å². The van der Waals surface area contributed by atoms with Crippen molar-refractivity contribution in [3.63, 3.8) is 0 Å². The number of thiazole rings is 1. The van der Waals surface area contributed by atoms with Crippen LogP contribution in [0.3, 0.4) is 0 Å². The van der Waals surface area contributed by atoms with E-state index in [1.54, 1.807) is 24.3 Å². The SMILES string of the molecule is O=C(Cc1cn2ccsc2n1)Nc1ccc(NC(=O)NCC2CCCO2)cc1. The summed E-state index contributed by atoms with van der Waals surface area (Å²) >= 11 is 1.53. The van der Waals surface area contributed by atoms with E-state index in [2.05, 4.69) is 20.9 Å². The van der Waals surface area contributed by atoms with Crippen LogP contribution < -0.4 is 16.0 Å². The zero-order valence-electron chi connectivity index (χ0n) is 15.2. The number of nitrogens with zero attached hydrogens (tertiary/aromatic N) is 2. The molecule has 1 atom stereocenters. The van der Waals surface area contributed by atoms with Crippen LogP contribution in [0.15, 0.2) is 42.0 Å². The number of imidazole rings is 1. The molecule has 0 bridgehead atoms. The molecule has 3 aromatic rings. The second-order valence-corrected chi connectivity index (χ2v) is 7.47. The zero-order valence-corrected chi connectivity index (χ0v) is 16.0. The van der Waals surface area contributed by atoms with Crippen LogP contribution in [-0.4, -0.2) is 40.6 Å². The van der Waals surface area contributed by atoms with Crippen LogP contribution in [0.1, 0.15) is 18.5 Å². The molecule has 1 fully saturated rings. The molecule has 1 aliphatic rings. The molecule has 3 heterocycles. The summed E-state index contributed by atoms with van der Waals surface area (Å²) in [6.45, 7) is 1.27. The first kappa shape index (κ1) is 18.5. The van der Waals surface area contributed by atoms with Crippen LogP contribution in [0.25, 0.3) is 4.96 Å². The van der Waals surface area contributed by atoms with Gasteiger partial charge in [0.25, 0.3) is 0 Å². The highest BCUT2D eigenvalue weighted by molar-refractivity contribution is 7.15. The number of hydrogen-bond donors (Lipinski definition) is 3. The average molecular weight is 399 g/mol. The van der Waals surface area contributed by atoms with Crippen LogP contribution in [0.4, 0.5) is 16.2 Å². The summed E-state index contributed by atoms with van der Waals surface area (Å²) in [5.74, 6) is -0.138. The Labute approximate surface area is 165 Å². The summed E-state index contributed by atoms with van der Waals surface area (Å²) in [6.07, 6.45) is 6.10. The number of fused-ring (bicyclic) bond motifs is 1. The van der Waals surface area contributed by atoms with Gasteiger partial charge in [-0.05, 0) is 37.1 Å². The number of aromatic nitrogens is 2. The van der Waals surface area contributed by atoms with Crippen molar-refractivity contribution in [1.82, 2.24) is 14.7 Å². The van der Waals surface area contributed by atoms with Crippen LogP contribution in [0.2, 0.25) is 0 Å². The summed E-state index contributed by atoms with van der Waals surface area (Å²) in [4.78, 5) is 29.4. The number of anilines is 2. The van der Waals surface area contributed by atoms with E-state index < -0.39 is 0 Å². The molecule has 0 saturated carbocycles. The fourth-order valence-corrected chi connectivity index (χ4v) is 3.77. The van der Waals surface area contributed by atoms with Gasteiger partial charge in [0, 0.05) is 42.3 Å². The third-order valence-corrected chi connectivity index (χ3v) is 5.20. The second-order valence-electron chi connectivity index (χ2n) is 6.60. The lowest BCUT2D eigenvalue weighted by molar-refractivity contribution is -0.115. The highest BCUT2D eigenvalue weighted by atomic mass is 32.1. The quantitative estimate of drug-likeness (QED) is 0.594. The third kappa shape index (κ3) is 4.68. The number of carbonyl (C=O) groups excluding carboxylic acids is 2. The van der Waals surface area contributed by atoms with E-state index in [0.29, 0.717) is 17.9 Å². The van der Waals surface area contributed by atoms with E-state index in [9.17, 15) is 9.59 Å². The highest BCUT2D eigenvalue weighted by Gasteiger charge is 2.16. The van der Waals surface area contributed by atoms with Gasteiger partial charge in [-0.3, -0.25) is 9.20 Å². The molecule has 0 aliphatic carbocycles. The minimum absolute atomic E-state index is 0.106. The van der Waals surface area contributed by atoms with Crippen molar-refractivity contribution in [3.05, 3.63) is 47.7 Å². The molecule has 1 unspecified atom stereocenters. The molecule has 1 aliphatic heterocycles. The standard InChI is InChI=1S/C19H21N5O3S/c25-17(10-15-12-24-7-9-28-19(24)23-15)21-13-3-5-14(6-4-13)22-18(26)20-11-16-2-1-8-27-16/h3-7,9,12,16H,1-2,8,10-11H2,(H,21,25)(H2,20,22,26). The summed E-state index contributed by atoms with van der Waals surface area (Å²) < 4.78 is 7.37. The third-order valence-electron chi connectivity index (χ3n) is 4.43. The fraction of sp³-hybridized carbons (Fsp3) is 0.316. The zero-order chi connectivity index (χ0) is 19.3. The van der Waals surface area contributed by atoms with Crippen molar-refractivity contribution in [3.8, 4) is 0 Å². The molecular formula is C19H21N5O3S. The van der Waals surface area contributed by atoms with Gasteiger partial charge in [0.1, 0.15) is 0 Å². The maximum atomic E-state index is 12.2. The molecule has 1 aromatic carbocycles. The number of nitrogens with one attached hydrogen (secondary N) is 3. The highest BCUT2D eigenvalue weighted by Crippen LogP contribution is 2.16. The Morgan fingerprint density at radius 1 is 1.21 bits per heavy atom. The monoisotopic (exact) mass is 399 g/mol. The van der Waals surface area contributed by atoms with E-state index >= 15 is 0 Å². The lowest BCUT2D eigenvalue weighted by Gasteiger charge is -2.12. The summed E-state index contributed by atoms with van der Waals surface area (Å²) in [5, 5.41) is 10.4. The Kier molecular flexibility index (Phi) is 5.54. The molecule has 4 rings (SSSR count). The molecule has 9 heteroatoms. The predicted octanol–water partition coefficient (Wildman–Crippen LogP) is 2.88. The number of benzene rings is 1. The molecule has 146 valence electrons. The van der Waals surface area contributed by atoms with E-state index in [4.69, 9.17) is 4.74 Å². The minimum Gasteiger partial charge on any atom is -0.376 e. The first-order valence-corrected chi connectivity index (χ1v) is 10.0. The largest absolute Gasteiger partial charge is 0.376 e. The topological polar surface area (TPSA) is 96.8 Å². The lowest BCUT2D eigenvalue weighted by Crippen LogP contribution is -2.35. The first-order valence-electron chi connectivity index (χ1n) is 9.13. The van der Waals surface area contributed by atoms with Crippen molar-refractivity contribution >= 4 is 39.6 Å². The van der Waals surface area contributed by atoms with Crippen LogP contribution in [0.5, 0.6) is 0 Å². The molecule has 8 nitrogen and oxygen atoms in total. The Hall–Kier alpha value is -2.91. The van der Waals surface area contributed by atoms with Gasteiger partial charge in [0.2, 0.25) is 5.91 Å². The van der Waals surface area contributed by atoms with E-state index in [1.165, 1.54) is 11.3 Å². The number of carbonyl (C=O) groups is 2. The van der Waals surface area contributed by atoms with Crippen molar-refractivity contribution in [2.45, 2.75) is 25.4 Å². The molecule has 0 spiro atoms. The molecule has 2 aromatic heterocycles. The van der Waals surface area contributed by atoms with Gasteiger partial charge in [0.05, 0.1) is 18.2 Å². The van der Waals surface area contributed by atoms with E-state index in [0.717, 1.165) is 30.1 Å². The number of ether oxygens (including phenoxy) is 1. The summed E-state index contributed by atoms with van der Waals surface area (Å²) in [5.41, 5.74) is 2.04. The summed E-state index contributed by atoms with van der Waals surface area (Å²) in [7, 11) is 0. The van der Waals surface area contributed by atoms with Crippen LogP contribution in [0, 0.1) is 0 Å². The van der Waals surface area contributed by atoms with E-state index in [1.807, 2.05) is 22.2 Å². The Bertz CT molecular complexity index is 931. The van der Waals surface area contributed by atoms with Crippen molar-refractivity contribution in [1.29, 1.82) is 0 Å². The van der Waals surface area contributed by atoms with Gasteiger partial charge in [-0.15, -0.1) is 11.3 Å².